The molecule has 1 aromatic rings. The first kappa shape index (κ1) is 8.28. The number of hydroxylamine groups is 1. The second-order valence-corrected chi connectivity index (χ2v) is 2.32. The summed E-state index contributed by atoms with van der Waals surface area (Å²) in [5, 5.41) is 19.0. The Bertz CT molecular complexity index is 311. The molecule has 0 atom stereocenters. The molecule has 0 bridgehead atoms. The van der Waals surface area contributed by atoms with Crippen LogP contribution in [0.3, 0.4) is 0 Å². The van der Waals surface area contributed by atoms with Gasteiger partial charge in [-0.15, -0.1) is 0 Å². The van der Waals surface area contributed by atoms with Gasteiger partial charge in [-0.25, -0.2) is 0 Å². The molecule has 0 aliphatic rings. The molecule has 0 saturated heterocycles. The van der Waals surface area contributed by atoms with Gasteiger partial charge < -0.3 is 5.21 Å². The third-order valence-corrected chi connectivity index (χ3v) is 1.38. The van der Waals surface area contributed by atoms with Crippen molar-refractivity contribution in [1.29, 1.82) is 5.26 Å². The normalized spacial score (nSPS) is 10.8. The van der Waals surface area contributed by atoms with Crippen molar-refractivity contribution in [3.63, 3.8) is 0 Å². The second-order valence-electron chi connectivity index (χ2n) is 2.32. The monoisotopic (exact) mass is 160 g/mol. The molecule has 0 aromatic heterocycles. The minimum absolute atomic E-state index is 0.231. The van der Waals surface area contributed by atoms with Crippen LogP contribution in [0.1, 0.15) is 5.56 Å². The van der Waals surface area contributed by atoms with Gasteiger partial charge in [0.15, 0.2) is 12.6 Å². The average molecular weight is 160 g/mol. The fourth-order valence-corrected chi connectivity index (χ4v) is 0.873. The molecule has 0 fully saturated rings. The fourth-order valence-electron chi connectivity index (χ4n) is 0.873. The van der Waals surface area contributed by atoms with E-state index in [1.807, 2.05) is 30.3 Å². The van der Waals surface area contributed by atoms with E-state index in [0.717, 1.165) is 11.8 Å². The van der Waals surface area contributed by atoms with Crippen LogP contribution in [0.15, 0.2) is 30.3 Å². The van der Waals surface area contributed by atoms with Crippen molar-refractivity contribution in [1.82, 2.24) is 0 Å². The van der Waals surface area contributed by atoms with Crippen molar-refractivity contribution in [3.05, 3.63) is 41.1 Å². The van der Waals surface area contributed by atoms with Crippen LogP contribution in [0.5, 0.6) is 0 Å². The maximum absolute atomic E-state index is 10.9. The molecule has 0 aliphatic heterocycles. The van der Waals surface area contributed by atoms with E-state index in [9.17, 15) is 5.21 Å². The highest BCUT2D eigenvalue weighted by molar-refractivity contribution is 5.70. The van der Waals surface area contributed by atoms with Crippen LogP contribution in [0, 0.1) is 16.5 Å². The molecule has 12 heavy (non-hydrogen) atoms. The Morgan fingerprint density at radius 3 is 2.67 bits per heavy atom. The van der Waals surface area contributed by atoms with E-state index in [1.165, 1.54) is 0 Å². The first-order chi connectivity index (χ1) is 5.83. The van der Waals surface area contributed by atoms with Gasteiger partial charge in [-0.3, -0.25) is 0 Å². The summed E-state index contributed by atoms with van der Waals surface area (Å²) in [5.41, 5.74) is 0.902. The maximum atomic E-state index is 10.9. The van der Waals surface area contributed by atoms with Crippen LogP contribution in [-0.4, -0.2) is 11.0 Å². The van der Waals surface area contributed by atoms with Gasteiger partial charge in [0.1, 0.15) is 0 Å². The number of rotatable bonds is 2. The Balaban J connectivity index is 2.66. The molecule has 0 N–H and O–H groups in total. The summed E-state index contributed by atoms with van der Waals surface area (Å²) in [7, 11) is 0. The Hall–Kier alpha value is -1.82. The van der Waals surface area contributed by atoms with E-state index in [1.54, 1.807) is 6.07 Å². The highest BCUT2D eigenvalue weighted by Crippen LogP contribution is 1.98. The van der Waals surface area contributed by atoms with Crippen LogP contribution in [0.25, 0.3) is 0 Å². The number of nitriles is 1. The lowest BCUT2D eigenvalue weighted by atomic mass is 10.2. The average Bonchev–Trinajstić information content (AvgIpc) is 2.06. The number of benzene rings is 1. The van der Waals surface area contributed by atoms with Crippen LogP contribution < -0.4 is 0 Å². The van der Waals surface area contributed by atoms with Crippen LogP contribution in [-0.2, 0) is 6.54 Å². The molecule has 60 valence electrons. The van der Waals surface area contributed by atoms with E-state index in [-0.39, 0.29) is 6.54 Å². The molecular formula is C9H8N2O. The van der Waals surface area contributed by atoms with Crippen molar-refractivity contribution < 1.29 is 4.74 Å². The maximum Gasteiger partial charge on any atom is 0.253 e. The van der Waals surface area contributed by atoms with Crippen molar-refractivity contribution in [2.24, 2.45) is 0 Å². The van der Waals surface area contributed by atoms with Crippen molar-refractivity contribution >= 4 is 6.21 Å². The van der Waals surface area contributed by atoms with Gasteiger partial charge in [0.05, 0.1) is 0 Å². The van der Waals surface area contributed by atoms with Gasteiger partial charge in [-0.1, -0.05) is 30.3 Å². The Labute approximate surface area is 70.8 Å². The van der Waals surface area contributed by atoms with Crippen LogP contribution >= 0.6 is 0 Å². The molecule has 1 aromatic carbocycles. The van der Waals surface area contributed by atoms with Crippen molar-refractivity contribution in [2.45, 2.75) is 6.54 Å². The van der Waals surface area contributed by atoms with Crippen LogP contribution in [0.4, 0.5) is 0 Å². The first-order valence-electron chi connectivity index (χ1n) is 3.53. The molecule has 0 heterocycles. The summed E-state index contributed by atoms with van der Waals surface area (Å²) >= 11 is 0. The third-order valence-electron chi connectivity index (χ3n) is 1.38. The molecule has 0 spiro atoms. The molecule has 0 saturated carbocycles. The quantitative estimate of drug-likeness (QED) is 0.283. The minimum Gasteiger partial charge on any atom is -0.623 e. The Morgan fingerprint density at radius 2 is 2.08 bits per heavy atom. The molecular weight excluding hydrogens is 152 g/mol. The molecule has 3 nitrogen and oxygen atoms in total. The first-order valence-corrected chi connectivity index (χ1v) is 3.53. The topological polar surface area (TPSA) is 49.9 Å². The minimum atomic E-state index is 0.231. The zero-order valence-electron chi connectivity index (χ0n) is 6.47. The molecule has 0 amide bonds. The highest BCUT2D eigenvalue weighted by atomic mass is 16.5. The molecule has 0 radical (unpaired) electrons. The summed E-state index contributed by atoms with van der Waals surface area (Å²) < 4.78 is 0.606. The van der Waals surface area contributed by atoms with Crippen molar-refractivity contribution in [2.75, 3.05) is 0 Å². The summed E-state index contributed by atoms with van der Waals surface area (Å²) in [6.07, 6.45) is 0.951. The smallest absolute Gasteiger partial charge is 0.253 e. The van der Waals surface area contributed by atoms with E-state index in [2.05, 4.69) is 0 Å². The summed E-state index contributed by atoms with van der Waals surface area (Å²) in [4.78, 5) is 0. The predicted octanol–water partition coefficient (Wildman–Crippen LogP) is 1.29. The molecule has 0 aliphatic carbocycles. The van der Waals surface area contributed by atoms with E-state index in [0.29, 0.717) is 4.74 Å². The summed E-state index contributed by atoms with van der Waals surface area (Å²) in [5.74, 6) is 0. The van der Waals surface area contributed by atoms with Crippen LogP contribution in [0.2, 0.25) is 0 Å². The standard InChI is InChI=1S/C9H8N2O/c10-6-7-11(12)8-9-4-2-1-3-5-9/h1-5,7H,8H2. The lowest BCUT2D eigenvalue weighted by Crippen LogP contribution is -2.03. The molecule has 0 unspecified atom stereocenters. The van der Waals surface area contributed by atoms with Crippen molar-refractivity contribution in [3.8, 4) is 6.07 Å². The van der Waals surface area contributed by atoms with Gasteiger partial charge >= 0.3 is 0 Å². The third kappa shape index (κ3) is 2.43. The number of hydrogen-bond acceptors (Lipinski definition) is 2. The fraction of sp³-hybridized carbons (Fsp3) is 0.111. The Kier molecular flexibility index (Phi) is 2.86. The largest absolute Gasteiger partial charge is 0.623 e. The van der Waals surface area contributed by atoms with Gasteiger partial charge in [0, 0.05) is 5.56 Å². The predicted molar refractivity (Wildman–Crippen MR) is 45.5 cm³/mol. The number of hydrogen-bond donors (Lipinski definition) is 0. The van der Waals surface area contributed by atoms with E-state index >= 15 is 0 Å². The van der Waals surface area contributed by atoms with Gasteiger partial charge in [-0.2, -0.15) is 10.0 Å². The second kappa shape index (κ2) is 4.14. The molecule has 3 heteroatoms. The number of nitrogens with zero attached hydrogens (tertiary/aromatic N) is 2. The summed E-state index contributed by atoms with van der Waals surface area (Å²) in [6.45, 7) is 0.231. The lowest BCUT2D eigenvalue weighted by molar-refractivity contribution is -0.468. The highest BCUT2D eigenvalue weighted by Gasteiger charge is 1.94. The lowest BCUT2D eigenvalue weighted by Gasteiger charge is -2.00. The Morgan fingerprint density at radius 1 is 1.42 bits per heavy atom. The summed E-state index contributed by atoms with van der Waals surface area (Å²) in [6, 6.07) is 11.0. The van der Waals surface area contributed by atoms with Gasteiger partial charge in [-0.05, 0) is 0 Å². The SMILES string of the molecule is N#CC=[N+]([O-])Cc1ccccc1. The van der Waals surface area contributed by atoms with Gasteiger partial charge in [0.2, 0.25) is 0 Å². The van der Waals surface area contributed by atoms with Gasteiger partial charge in [0.25, 0.3) is 6.21 Å². The van der Waals surface area contributed by atoms with E-state index in [4.69, 9.17) is 5.26 Å². The zero-order chi connectivity index (χ0) is 8.81. The zero-order valence-corrected chi connectivity index (χ0v) is 6.47. The molecule has 1 rings (SSSR count). The van der Waals surface area contributed by atoms with E-state index < -0.39 is 0 Å².